The van der Waals surface area contributed by atoms with Gasteiger partial charge in [-0.25, -0.2) is 0 Å². The molecule has 0 saturated heterocycles. The van der Waals surface area contributed by atoms with E-state index in [9.17, 15) is 0 Å². The van der Waals surface area contributed by atoms with E-state index >= 15 is 0 Å². The molecule has 17 heavy (non-hydrogen) atoms. The van der Waals surface area contributed by atoms with Crippen LogP contribution in [0.5, 0.6) is 0 Å². The molecular weight excluding hydrogens is 210 g/mol. The SMILES string of the molecule is CC/C=C(\C)OC(=N)c1ccc(C(C)C)cc1. The average Bonchev–Trinajstić information content (AvgIpc) is 2.29. The first-order valence-corrected chi connectivity index (χ1v) is 6.08. The van der Waals surface area contributed by atoms with Crippen molar-refractivity contribution in [2.24, 2.45) is 0 Å². The first kappa shape index (κ1) is 13.5. The van der Waals surface area contributed by atoms with Gasteiger partial charge in [0.05, 0.1) is 5.76 Å². The van der Waals surface area contributed by atoms with Crippen LogP contribution in [0.15, 0.2) is 36.1 Å². The lowest BCUT2D eigenvalue weighted by Crippen LogP contribution is -2.04. The van der Waals surface area contributed by atoms with Crippen molar-refractivity contribution < 1.29 is 4.74 Å². The molecule has 0 bridgehead atoms. The molecule has 0 radical (unpaired) electrons. The van der Waals surface area contributed by atoms with Gasteiger partial charge in [-0.15, -0.1) is 0 Å². The number of hydrogen-bond donors (Lipinski definition) is 1. The van der Waals surface area contributed by atoms with Crippen molar-refractivity contribution in [3.63, 3.8) is 0 Å². The number of rotatable bonds is 4. The third-order valence-corrected chi connectivity index (χ3v) is 2.59. The van der Waals surface area contributed by atoms with E-state index in [-0.39, 0.29) is 5.90 Å². The Kier molecular flexibility index (Phi) is 4.95. The highest BCUT2D eigenvalue weighted by atomic mass is 16.5. The predicted octanol–water partition coefficient (Wildman–Crippen LogP) is 4.47. The summed E-state index contributed by atoms with van der Waals surface area (Å²) in [6.45, 7) is 8.24. The molecule has 0 aliphatic heterocycles. The molecule has 0 unspecified atom stereocenters. The Bertz CT molecular complexity index is 401. The van der Waals surface area contributed by atoms with Gasteiger partial charge < -0.3 is 4.74 Å². The maximum Gasteiger partial charge on any atom is 0.218 e. The van der Waals surface area contributed by atoms with Crippen molar-refractivity contribution in [1.82, 2.24) is 0 Å². The average molecular weight is 231 g/mol. The lowest BCUT2D eigenvalue weighted by atomic mass is 10.0. The van der Waals surface area contributed by atoms with Crippen LogP contribution in [0.4, 0.5) is 0 Å². The molecule has 0 heterocycles. The molecule has 0 fully saturated rings. The van der Waals surface area contributed by atoms with Crippen LogP contribution < -0.4 is 0 Å². The van der Waals surface area contributed by atoms with Crippen LogP contribution in [-0.4, -0.2) is 5.90 Å². The third kappa shape index (κ3) is 4.06. The van der Waals surface area contributed by atoms with Crippen molar-refractivity contribution in [3.05, 3.63) is 47.2 Å². The van der Waals surface area contributed by atoms with Gasteiger partial charge in [0.25, 0.3) is 0 Å². The maximum absolute atomic E-state index is 7.85. The lowest BCUT2D eigenvalue weighted by molar-refractivity contribution is 0.412. The highest BCUT2D eigenvalue weighted by Gasteiger charge is 2.05. The lowest BCUT2D eigenvalue weighted by Gasteiger charge is -2.09. The van der Waals surface area contributed by atoms with Gasteiger partial charge in [-0.05, 0) is 43.0 Å². The number of ether oxygens (including phenoxy) is 1. The maximum atomic E-state index is 7.85. The number of hydrogen-bond acceptors (Lipinski definition) is 2. The molecule has 1 rings (SSSR count). The highest BCUT2D eigenvalue weighted by molar-refractivity contribution is 5.92. The minimum atomic E-state index is 0.211. The Morgan fingerprint density at radius 1 is 1.29 bits per heavy atom. The Hall–Kier alpha value is -1.57. The molecule has 0 aromatic heterocycles. The summed E-state index contributed by atoms with van der Waals surface area (Å²) in [5.41, 5.74) is 2.10. The summed E-state index contributed by atoms with van der Waals surface area (Å²) in [7, 11) is 0. The van der Waals surface area contributed by atoms with Crippen LogP contribution in [0.2, 0.25) is 0 Å². The Morgan fingerprint density at radius 2 is 1.88 bits per heavy atom. The molecule has 1 aromatic carbocycles. The first-order valence-electron chi connectivity index (χ1n) is 6.08. The van der Waals surface area contributed by atoms with Crippen LogP contribution in [0, 0.1) is 5.41 Å². The first-order chi connectivity index (χ1) is 8.04. The fourth-order valence-corrected chi connectivity index (χ4v) is 1.57. The molecule has 0 spiro atoms. The van der Waals surface area contributed by atoms with E-state index in [0.29, 0.717) is 5.92 Å². The molecule has 0 amide bonds. The molecule has 0 saturated carbocycles. The van der Waals surface area contributed by atoms with Crippen LogP contribution >= 0.6 is 0 Å². The van der Waals surface area contributed by atoms with Gasteiger partial charge in [0.2, 0.25) is 5.90 Å². The number of nitrogens with one attached hydrogen (secondary N) is 1. The van der Waals surface area contributed by atoms with E-state index in [1.165, 1.54) is 5.56 Å². The van der Waals surface area contributed by atoms with Crippen molar-refractivity contribution in [3.8, 4) is 0 Å². The summed E-state index contributed by atoms with van der Waals surface area (Å²) in [6, 6.07) is 7.99. The van der Waals surface area contributed by atoms with Crippen molar-refractivity contribution >= 4 is 5.90 Å². The van der Waals surface area contributed by atoms with Crippen molar-refractivity contribution in [2.45, 2.75) is 40.0 Å². The smallest absolute Gasteiger partial charge is 0.218 e. The molecule has 0 aliphatic carbocycles. The standard InChI is InChI=1S/C15H21NO/c1-5-6-12(4)17-15(16)14-9-7-13(8-10-14)11(2)3/h6-11,16H,5H2,1-4H3/b12-6+,16-15?. The van der Waals surface area contributed by atoms with Gasteiger partial charge in [0.1, 0.15) is 0 Å². The number of allylic oxidation sites excluding steroid dienone is 2. The van der Waals surface area contributed by atoms with Crippen molar-refractivity contribution in [2.75, 3.05) is 0 Å². The van der Waals surface area contributed by atoms with E-state index in [4.69, 9.17) is 10.1 Å². The zero-order valence-corrected chi connectivity index (χ0v) is 11.1. The van der Waals surface area contributed by atoms with Gasteiger partial charge >= 0.3 is 0 Å². The fraction of sp³-hybridized carbons (Fsp3) is 0.400. The van der Waals surface area contributed by atoms with Gasteiger partial charge in [0.15, 0.2) is 0 Å². The Balaban J connectivity index is 2.73. The van der Waals surface area contributed by atoms with Gasteiger partial charge in [0, 0.05) is 5.56 Å². The molecule has 0 aliphatic rings. The van der Waals surface area contributed by atoms with Crippen LogP contribution in [-0.2, 0) is 4.74 Å². The van der Waals surface area contributed by atoms with E-state index in [1.54, 1.807) is 0 Å². The minimum absolute atomic E-state index is 0.211. The Labute approximate surface area is 104 Å². The van der Waals surface area contributed by atoms with Crippen LogP contribution in [0.1, 0.15) is 51.2 Å². The summed E-state index contributed by atoms with van der Waals surface area (Å²) in [4.78, 5) is 0. The number of benzene rings is 1. The van der Waals surface area contributed by atoms with E-state index in [2.05, 4.69) is 26.0 Å². The van der Waals surface area contributed by atoms with Crippen LogP contribution in [0.25, 0.3) is 0 Å². The van der Waals surface area contributed by atoms with Gasteiger partial charge in [-0.1, -0.05) is 32.9 Å². The molecule has 1 aromatic rings. The normalized spacial score (nSPS) is 11.7. The summed E-state index contributed by atoms with van der Waals surface area (Å²) < 4.78 is 5.42. The molecule has 0 atom stereocenters. The highest BCUT2D eigenvalue weighted by Crippen LogP contribution is 2.15. The fourth-order valence-electron chi connectivity index (χ4n) is 1.57. The second-order valence-corrected chi connectivity index (χ2v) is 4.43. The predicted molar refractivity (Wildman–Crippen MR) is 72.5 cm³/mol. The molecule has 92 valence electrons. The van der Waals surface area contributed by atoms with Gasteiger partial charge in [-0.2, -0.15) is 0 Å². The topological polar surface area (TPSA) is 33.1 Å². The second-order valence-electron chi connectivity index (χ2n) is 4.43. The van der Waals surface area contributed by atoms with Gasteiger partial charge in [-0.3, -0.25) is 5.41 Å². The summed E-state index contributed by atoms with van der Waals surface area (Å²) in [5.74, 6) is 1.51. The summed E-state index contributed by atoms with van der Waals surface area (Å²) in [5, 5.41) is 7.85. The molecule has 2 nitrogen and oxygen atoms in total. The largest absolute Gasteiger partial charge is 0.444 e. The zero-order valence-electron chi connectivity index (χ0n) is 11.1. The summed E-state index contributed by atoms with van der Waals surface area (Å²) in [6.07, 6.45) is 2.89. The van der Waals surface area contributed by atoms with E-state index in [0.717, 1.165) is 17.7 Å². The minimum Gasteiger partial charge on any atom is -0.444 e. The monoisotopic (exact) mass is 231 g/mol. The third-order valence-electron chi connectivity index (χ3n) is 2.59. The quantitative estimate of drug-likeness (QED) is 0.463. The van der Waals surface area contributed by atoms with Crippen LogP contribution in [0.3, 0.4) is 0 Å². The van der Waals surface area contributed by atoms with Crippen molar-refractivity contribution in [1.29, 1.82) is 5.41 Å². The molecule has 1 N–H and O–H groups in total. The second kappa shape index (κ2) is 6.24. The van der Waals surface area contributed by atoms with E-state index < -0.39 is 0 Å². The zero-order chi connectivity index (χ0) is 12.8. The van der Waals surface area contributed by atoms with E-state index in [1.807, 2.05) is 32.1 Å². The molecular formula is C15H21NO. The summed E-state index contributed by atoms with van der Waals surface area (Å²) >= 11 is 0. The molecule has 2 heteroatoms. The Morgan fingerprint density at radius 3 is 2.35 bits per heavy atom.